The fourth-order valence-corrected chi connectivity index (χ4v) is 5.55. The van der Waals surface area contributed by atoms with E-state index >= 15 is 0 Å². The second kappa shape index (κ2) is 12.6. The molecule has 0 saturated heterocycles. The lowest BCUT2D eigenvalue weighted by Gasteiger charge is -2.42. The number of methoxy groups -OCH3 is 1. The number of ether oxygens (including phenoxy) is 1. The zero-order chi connectivity index (χ0) is 28.0. The van der Waals surface area contributed by atoms with E-state index in [4.69, 9.17) is 4.74 Å². The Hall–Kier alpha value is -3.52. The van der Waals surface area contributed by atoms with Crippen molar-refractivity contribution < 1.29 is 23.4 Å². The second-order valence-electron chi connectivity index (χ2n) is 10.1. The Morgan fingerprint density at radius 3 is 2.54 bits per heavy atom. The predicted molar refractivity (Wildman–Crippen MR) is 142 cm³/mol. The van der Waals surface area contributed by atoms with Crippen LogP contribution in [0.25, 0.3) is 0 Å². The van der Waals surface area contributed by atoms with Gasteiger partial charge < -0.3 is 25.8 Å². The van der Waals surface area contributed by atoms with Crippen LogP contribution in [-0.4, -0.2) is 55.2 Å². The van der Waals surface area contributed by atoms with E-state index in [2.05, 4.69) is 22.0 Å². The highest BCUT2D eigenvalue weighted by Crippen LogP contribution is 2.39. The number of nitrogens with one attached hydrogen (secondary N) is 3. The first-order valence-corrected chi connectivity index (χ1v) is 13.1. The molecule has 2 amide bonds. The third kappa shape index (κ3) is 6.22. The average molecular weight is 540 g/mol. The van der Waals surface area contributed by atoms with Crippen LogP contribution >= 0.6 is 0 Å². The number of hydrogen-bond acceptors (Lipinski definition) is 6. The average Bonchev–Trinajstić information content (AvgIpc) is 2.95. The van der Waals surface area contributed by atoms with Crippen LogP contribution in [0.3, 0.4) is 0 Å². The van der Waals surface area contributed by atoms with Crippen LogP contribution in [-0.2, 0) is 10.2 Å². The molecule has 2 aliphatic rings. The van der Waals surface area contributed by atoms with Crippen LogP contribution in [0.2, 0.25) is 0 Å². The van der Waals surface area contributed by atoms with Gasteiger partial charge in [0.05, 0.1) is 24.1 Å². The Morgan fingerprint density at radius 2 is 1.90 bits per heavy atom. The number of aliphatic hydroxyl groups excluding tert-OH is 1. The number of rotatable bonds is 8. The highest BCUT2D eigenvalue weighted by atomic mass is 19.2. The largest absolute Gasteiger partial charge is 0.378 e. The Labute approximate surface area is 227 Å². The van der Waals surface area contributed by atoms with E-state index in [-0.39, 0.29) is 12.6 Å². The number of amides is 2. The van der Waals surface area contributed by atoms with E-state index in [0.29, 0.717) is 29.9 Å². The van der Waals surface area contributed by atoms with E-state index in [1.807, 2.05) is 30.3 Å². The lowest BCUT2D eigenvalue weighted by Crippen LogP contribution is -2.57. The number of nitrogens with zero attached hydrogens (tertiary/aromatic N) is 2. The van der Waals surface area contributed by atoms with Gasteiger partial charge in [-0.2, -0.15) is 5.26 Å². The van der Waals surface area contributed by atoms with Gasteiger partial charge in [0.1, 0.15) is 0 Å². The van der Waals surface area contributed by atoms with Crippen molar-refractivity contribution in [1.29, 1.82) is 5.26 Å². The van der Waals surface area contributed by atoms with Crippen molar-refractivity contribution in [1.82, 2.24) is 20.9 Å². The fourth-order valence-electron chi connectivity index (χ4n) is 5.55. The Morgan fingerprint density at radius 1 is 1.18 bits per heavy atom. The summed E-state index contributed by atoms with van der Waals surface area (Å²) in [6.45, 7) is 2.69. The molecule has 2 unspecified atom stereocenters. The number of urea groups is 1. The minimum absolute atomic E-state index is 0.154. The maximum Gasteiger partial charge on any atom is 0.321 e. The van der Waals surface area contributed by atoms with Crippen molar-refractivity contribution in [3.8, 4) is 6.07 Å². The Balaban J connectivity index is 1.36. The van der Waals surface area contributed by atoms with Crippen LogP contribution in [0.4, 0.5) is 13.6 Å². The molecule has 39 heavy (non-hydrogen) atoms. The van der Waals surface area contributed by atoms with Crippen molar-refractivity contribution >= 4 is 6.03 Å². The van der Waals surface area contributed by atoms with Gasteiger partial charge in [0.25, 0.3) is 0 Å². The molecule has 1 heterocycles. The highest BCUT2D eigenvalue weighted by Gasteiger charge is 2.38. The summed E-state index contributed by atoms with van der Waals surface area (Å²) in [6.07, 6.45) is 1.80. The summed E-state index contributed by atoms with van der Waals surface area (Å²) in [6, 6.07) is 14.7. The number of nitriles is 1. The van der Waals surface area contributed by atoms with Crippen LogP contribution in [0.5, 0.6) is 0 Å². The third-order valence-corrected chi connectivity index (χ3v) is 7.73. The second-order valence-corrected chi connectivity index (χ2v) is 10.1. The van der Waals surface area contributed by atoms with Crippen molar-refractivity contribution in [3.63, 3.8) is 0 Å². The first kappa shape index (κ1) is 28.5. The number of aliphatic hydroxyl groups is 1. The number of carbonyl (C=O) groups excluding carboxylic acids is 1. The van der Waals surface area contributed by atoms with Crippen molar-refractivity contribution in [2.45, 2.75) is 56.5 Å². The number of halogens is 2. The van der Waals surface area contributed by atoms with Gasteiger partial charge in [-0.15, -0.1) is 0 Å². The van der Waals surface area contributed by atoms with Crippen molar-refractivity contribution in [3.05, 3.63) is 82.6 Å². The lowest BCUT2D eigenvalue weighted by atomic mass is 9.69. The standard InChI is InChI=1S/C29H35F2N5O3/c1-19-25(17-39-2)35-28(38)36(26(19)20-8-9-23(30)24(31)16-20)27(37)34-15-14-33-22-10-12-29(18-32,13-11-22)21-6-4-3-5-7-21/h3-9,16,22,26,28,33,35,38H,10-15,17H2,1-2H3,(H,34,37). The molecule has 1 saturated carbocycles. The molecule has 4 N–H and O–H groups in total. The molecule has 2 aromatic carbocycles. The molecular weight excluding hydrogens is 504 g/mol. The maximum atomic E-state index is 14.1. The minimum atomic E-state index is -1.40. The molecule has 8 nitrogen and oxygen atoms in total. The molecule has 208 valence electrons. The molecule has 10 heteroatoms. The van der Waals surface area contributed by atoms with Crippen LogP contribution in [0.1, 0.15) is 49.8 Å². The summed E-state index contributed by atoms with van der Waals surface area (Å²) < 4.78 is 32.9. The van der Waals surface area contributed by atoms with Crippen molar-refractivity contribution in [2.75, 3.05) is 26.8 Å². The zero-order valence-corrected chi connectivity index (χ0v) is 22.2. The first-order chi connectivity index (χ1) is 18.8. The van der Waals surface area contributed by atoms with Gasteiger partial charge in [0, 0.05) is 31.9 Å². The van der Waals surface area contributed by atoms with E-state index in [0.717, 1.165) is 43.4 Å². The SMILES string of the molecule is COCC1=C(C)C(c2ccc(F)c(F)c2)N(C(=O)NCCNC2CCC(C#N)(c3ccccc3)CC2)C(O)N1. The van der Waals surface area contributed by atoms with Gasteiger partial charge in [-0.05, 0) is 61.4 Å². The molecule has 1 aliphatic heterocycles. The monoisotopic (exact) mass is 539 g/mol. The molecule has 4 rings (SSSR count). The minimum Gasteiger partial charge on any atom is -0.378 e. The van der Waals surface area contributed by atoms with Gasteiger partial charge >= 0.3 is 6.03 Å². The van der Waals surface area contributed by atoms with E-state index in [1.54, 1.807) is 6.92 Å². The normalized spacial score (nSPS) is 25.1. The molecular formula is C29H35F2N5O3. The van der Waals surface area contributed by atoms with Gasteiger partial charge in [0.15, 0.2) is 11.6 Å². The van der Waals surface area contributed by atoms with E-state index < -0.39 is 35.5 Å². The smallest absolute Gasteiger partial charge is 0.321 e. The Bertz CT molecular complexity index is 1230. The molecule has 0 radical (unpaired) electrons. The molecule has 0 aromatic heterocycles. The maximum absolute atomic E-state index is 14.1. The molecule has 1 fully saturated rings. The van der Waals surface area contributed by atoms with Crippen molar-refractivity contribution in [2.24, 2.45) is 0 Å². The van der Waals surface area contributed by atoms with Gasteiger partial charge in [-0.1, -0.05) is 36.4 Å². The fraction of sp³-hybridized carbons (Fsp3) is 0.448. The Kier molecular flexibility index (Phi) is 9.17. The van der Waals surface area contributed by atoms with Crippen LogP contribution in [0, 0.1) is 23.0 Å². The summed E-state index contributed by atoms with van der Waals surface area (Å²) in [4.78, 5) is 14.4. The van der Waals surface area contributed by atoms with Crippen LogP contribution in [0.15, 0.2) is 59.8 Å². The topological polar surface area (TPSA) is 110 Å². The number of hydrogen-bond donors (Lipinski definition) is 4. The van der Waals surface area contributed by atoms with Gasteiger partial charge in [0.2, 0.25) is 6.35 Å². The number of carbonyl (C=O) groups is 1. The van der Waals surface area contributed by atoms with Gasteiger partial charge in [-0.25, -0.2) is 13.6 Å². The molecule has 1 aliphatic carbocycles. The summed E-state index contributed by atoms with van der Waals surface area (Å²) in [7, 11) is 1.50. The molecule has 2 aromatic rings. The first-order valence-electron chi connectivity index (χ1n) is 13.1. The molecule has 0 spiro atoms. The zero-order valence-electron chi connectivity index (χ0n) is 22.2. The van der Waals surface area contributed by atoms with E-state index in [1.165, 1.54) is 18.1 Å². The molecule has 0 bridgehead atoms. The van der Waals surface area contributed by atoms with E-state index in [9.17, 15) is 23.9 Å². The third-order valence-electron chi connectivity index (χ3n) is 7.73. The number of benzene rings is 2. The summed E-state index contributed by atoms with van der Waals surface area (Å²) in [5.74, 6) is -2.03. The lowest BCUT2D eigenvalue weighted by molar-refractivity contribution is -0.0184. The summed E-state index contributed by atoms with van der Waals surface area (Å²) in [5.41, 5.74) is 2.12. The predicted octanol–water partition coefficient (Wildman–Crippen LogP) is 3.81. The quantitative estimate of drug-likeness (QED) is 0.380. The summed E-state index contributed by atoms with van der Waals surface area (Å²) >= 11 is 0. The highest BCUT2D eigenvalue weighted by molar-refractivity contribution is 5.76. The summed E-state index contributed by atoms with van der Waals surface area (Å²) in [5, 5.41) is 29.8. The van der Waals surface area contributed by atoms with Crippen LogP contribution < -0.4 is 16.0 Å². The molecule has 2 atom stereocenters. The van der Waals surface area contributed by atoms with Gasteiger partial charge in [-0.3, -0.25) is 4.90 Å².